The molecule has 0 spiro atoms. The number of pyridine rings is 1. The van der Waals surface area contributed by atoms with Gasteiger partial charge in [0.15, 0.2) is 0 Å². The van der Waals surface area contributed by atoms with Crippen molar-refractivity contribution in [2.75, 3.05) is 11.9 Å². The largest absolute Gasteiger partial charge is 0.433 e. The Labute approximate surface area is 266 Å². The monoisotopic (exact) mass is 654 g/mol. The molecule has 1 aliphatic rings. The van der Waals surface area contributed by atoms with Gasteiger partial charge in [-0.05, 0) is 42.2 Å². The van der Waals surface area contributed by atoms with Crippen LogP contribution in [0.3, 0.4) is 0 Å². The summed E-state index contributed by atoms with van der Waals surface area (Å²) in [6.07, 6.45) is -2.55. The summed E-state index contributed by atoms with van der Waals surface area (Å²) >= 11 is 6.82. The molecule has 46 heavy (non-hydrogen) atoms. The lowest BCUT2D eigenvalue weighted by molar-refractivity contribution is -0.141. The van der Waals surface area contributed by atoms with Crippen molar-refractivity contribution in [2.24, 2.45) is 14.1 Å². The summed E-state index contributed by atoms with van der Waals surface area (Å²) in [4.78, 5) is 53.0. The number of rotatable bonds is 8. The van der Waals surface area contributed by atoms with Crippen molar-refractivity contribution in [2.45, 2.75) is 38.5 Å². The molecule has 1 aliphatic heterocycles. The van der Waals surface area contributed by atoms with Crippen LogP contribution in [0.5, 0.6) is 0 Å². The Hall–Kier alpha value is -4.75. The van der Waals surface area contributed by atoms with Crippen LogP contribution in [-0.2, 0) is 31.6 Å². The van der Waals surface area contributed by atoms with Gasteiger partial charge >= 0.3 is 11.9 Å². The molecule has 0 aliphatic carbocycles. The Balaban J connectivity index is 1.44. The zero-order chi connectivity index (χ0) is 33.3. The number of carbonyl (C=O) groups excluding carboxylic acids is 2. The molecule has 1 atom stereocenters. The molecule has 240 valence electrons. The molecule has 0 saturated carbocycles. The quantitative estimate of drug-likeness (QED) is 0.258. The molecule has 2 amide bonds. The van der Waals surface area contributed by atoms with Crippen molar-refractivity contribution in [3.8, 4) is 22.4 Å². The highest BCUT2D eigenvalue weighted by atomic mass is 35.5. The highest BCUT2D eigenvalue weighted by Gasteiger charge is 2.36. The van der Waals surface area contributed by atoms with E-state index in [9.17, 15) is 32.3 Å². The van der Waals surface area contributed by atoms with E-state index in [4.69, 9.17) is 11.6 Å². The first-order chi connectivity index (χ1) is 21.8. The molecule has 1 fully saturated rings. The number of carbonyl (C=O) groups is 2. The fraction of sp³-hybridized carbons (Fsp3) is 0.281. The summed E-state index contributed by atoms with van der Waals surface area (Å²) in [6, 6.07) is 12.7. The van der Waals surface area contributed by atoms with Gasteiger partial charge < -0.3 is 20.5 Å². The summed E-state index contributed by atoms with van der Waals surface area (Å²) in [6.45, 7) is 1.97. The third-order valence-corrected chi connectivity index (χ3v) is 8.28. The smallest absolute Gasteiger partial charge is 0.352 e. The predicted molar refractivity (Wildman–Crippen MR) is 168 cm³/mol. The van der Waals surface area contributed by atoms with E-state index in [1.54, 1.807) is 43.3 Å². The Bertz CT molecular complexity index is 1970. The normalized spacial score (nSPS) is 14.8. The minimum atomic E-state index is -4.73. The van der Waals surface area contributed by atoms with Gasteiger partial charge in [0.2, 0.25) is 5.91 Å². The van der Waals surface area contributed by atoms with Gasteiger partial charge in [-0.1, -0.05) is 48.0 Å². The van der Waals surface area contributed by atoms with Crippen LogP contribution in [0.15, 0.2) is 64.3 Å². The zero-order valence-corrected chi connectivity index (χ0v) is 25.8. The van der Waals surface area contributed by atoms with Gasteiger partial charge in [-0.3, -0.25) is 19.0 Å². The Kier molecular flexibility index (Phi) is 9.17. The average molecular weight is 655 g/mol. The summed E-state index contributed by atoms with van der Waals surface area (Å²) in [5.41, 5.74) is -0.302. The van der Waals surface area contributed by atoms with Crippen LogP contribution in [-0.4, -0.2) is 38.5 Å². The first-order valence-corrected chi connectivity index (χ1v) is 14.7. The van der Waals surface area contributed by atoms with Gasteiger partial charge in [0.05, 0.1) is 10.7 Å². The number of hydrogen-bond acceptors (Lipinski definition) is 6. The van der Waals surface area contributed by atoms with E-state index in [1.165, 1.54) is 26.2 Å². The number of alkyl halides is 3. The SMILES string of the molecule is Cc1c(NC(=O)c2cn(C)c(=O)n(C)c2=O)cccc1-c1cccc(-c2ccc(CNCC3CCC(=O)N3)c(C(F)(F)F)n2)c1Cl. The van der Waals surface area contributed by atoms with Crippen molar-refractivity contribution in [1.82, 2.24) is 24.8 Å². The van der Waals surface area contributed by atoms with Crippen LogP contribution in [0.25, 0.3) is 22.4 Å². The zero-order valence-electron chi connectivity index (χ0n) is 25.1. The minimum Gasteiger partial charge on any atom is -0.352 e. The van der Waals surface area contributed by atoms with Crippen molar-refractivity contribution in [3.05, 3.63) is 103 Å². The van der Waals surface area contributed by atoms with Crippen molar-refractivity contribution >= 4 is 29.1 Å². The van der Waals surface area contributed by atoms with Crippen LogP contribution >= 0.6 is 11.6 Å². The third kappa shape index (κ3) is 6.60. The lowest BCUT2D eigenvalue weighted by Crippen LogP contribution is -2.40. The molecule has 0 bridgehead atoms. The van der Waals surface area contributed by atoms with Gasteiger partial charge in [0.1, 0.15) is 11.3 Å². The highest BCUT2D eigenvalue weighted by Crippen LogP contribution is 2.40. The predicted octanol–water partition coefficient (Wildman–Crippen LogP) is 4.41. The van der Waals surface area contributed by atoms with Crippen LogP contribution in [0.1, 0.15) is 40.0 Å². The van der Waals surface area contributed by atoms with Crippen LogP contribution in [0.2, 0.25) is 5.02 Å². The van der Waals surface area contributed by atoms with E-state index in [-0.39, 0.29) is 45.9 Å². The lowest BCUT2D eigenvalue weighted by Gasteiger charge is -2.18. The number of aromatic nitrogens is 3. The number of nitrogens with one attached hydrogen (secondary N) is 3. The first kappa shape index (κ1) is 32.6. The molecular weight excluding hydrogens is 625 g/mol. The van der Waals surface area contributed by atoms with E-state index in [0.29, 0.717) is 41.8 Å². The number of amides is 2. The molecule has 3 heterocycles. The van der Waals surface area contributed by atoms with Crippen molar-refractivity contribution in [3.63, 3.8) is 0 Å². The fourth-order valence-corrected chi connectivity index (χ4v) is 5.72. The molecular formula is C32H30ClF3N6O4. The molecule has 4 aromatic rings. The van der Waals surface area contributed by atoms with Gasteiger partial charge in [-0.15, -0.1) is 0 Å². The lowest BCUT2D eigenvalue weighted by atomic mass is 9.96. The minimum absolute atomic E-state index is 0.0265. The van der Waals surface area contributed by atoms with Gasteiger partial charge in [0, 0.05) is 62.7 Å². The topological polar surface area (TPSA) is 127 Å². The number of nitrogens with zero attached hydrogens (tertiary/aromatic N) is 3. The second-order valence-electron chi connectivity index (χ2n) is 11.0. The number of hydrogen-bond donors (Lipinski definition) is 3. The van der Waals surface area contributed by atoms with E-state index in [0.717, 1.165) is 15.3 Å². The Morgan fingerprint density at radius 1 is 1.04 bits per heavy atom. The number of aryl methyl sites for hydroxylation is 1. The van der Waals surface area contributed by atoms with Gasteiger partial charge in [0.25, 0.3) is 11.5 Å². The summed E-state index contributed by atoms with van der Waals surface area (Å²) in [5.74, 6) is -0.796. The summed E-state index contributed by atoms with van der Waals surface area (Å²) < 4.78 is 44.4. The van der Waals surface area contributed by atoms with Crippen molar-refractivity contribution in [1.29, 1.82) is 0 Å². The first-order valence-electron chi connectivity index (χ1n) is 14.3. The summed E-state index contributed by atoms with van der Waals surface area (Å²) in [7, 11) is 2.70. The maximum Gasteiger partial charge on any atom is 0.433 e. The fourth-order valence-electron chi connectivity index (χ4n) is 5.39. The molecule has 1 unspecified atom stereocenters. The standard InChI is InChI=1S/C32H30ClF3N6O4/c1-17-20(6-5-9-24(17)40-29(44)23-16-41(2)31(46)42(3)30(23)45)21-7-4-8-22(27(21)33)25-12-10-18(28(39-25)32(34,35)36)14-37-15-19-11-13-26(43)38-19/h4-10,12,16,19,37H,11,13-15H2,1-3H3,(H,38,43)(H,40,44). The molecule has 0 radical (unpaired) electrons. The van der Waals surface area contributed by atoms with Gasteiger partial charge in [-0.2, -0.15) is 13.2 Å². The van der Waals surface area contributed by atoms with E-state index < -0.39 is 29.0 Å². The third-order valence-electron chi connectivity index (χ3n) is 7.88. The Morgan fingerprint density at radius 3 is 2.43 bits per heavy atom. The average Bonchev–Trinajstić information content (AvgIpc) is 3.43. The van der Waals surface area contributed by atoms with Crippen molar-refractivity contribution < 1.29 is 22.8 Å². The maximum atomic E-state index is 14.1. The van der Waals surface area contributed by atoms with E-state index >= 15 is 0 Å². The molecule has 1 saturated heterocycles. The van der Waals surface area contributed by atoms with Crippen LogP contribution < -0.4 is 27.2 Å². The maximum absolute atomic E-state index is 14.1. The van der Waals surface area contributed by atoms with Crippen LogP contribution in [0.4, 0.5) is 18.9 Å². The number of halogens is 4. The molecule has 2 aromatic heterocycles. The molecule has 2 aromatic carbocycles. The van der Waals surface area contributed by atoms with Crippen LogP contribution in [0, 0.1) is 6.92 Å². The Morgan fingerprint density at radius 2 is 1.74 bits per heavy atom. The van der Waals surface area contributed by atoms with E-state index in [1.807, 2.05) is 0 Å². The summed E-state index contributed by atoms with van der Waals surface area (Å²) in [5, 5.41) is 8.62. The van der Waals surface area contributed by atoms with E-state index in [2.05, 4.69) is 20.9 Å². The number of benzene rings is 2. The molecule has 5 rings (SSSR count). The second-order valence-corrected chi connectivity index (χ2v) is 11.4. The number of anilines is 1. The molecule has 14 heteroatoms. The van der Waals surface area contributed by atoms with Gasteiger partial charge in [-0.25, -0.2) is 9.78 Å². The highest BCUT2D eigenvalue weighted by molar-refractivity contribution is 6.36. The molecule has 3 N–H and O–H groups in total. The molecule has 10 nitrogen and oxygen atoms in total. The second kappa shape index (κ2) is 12.9.